The molecule has 1 aromatic carbocycles. The molecule has 2 N–H and O–H groups in total. The Bertz CT molecular complexity index is 527. The van der Waals surface area contributed by atoms with Gasteiger partial charge in [0, 0.05) is 19.3 Å². The van der Waals surface area contributed by atoms with E-state index in [9.17, 15) is 8.42 Å². The zero-order valence-electron chi connectivity index (χ0n) is 11.2. The summed E-state index contributed by atoms with van der Waals surface area (Å²) in [6.07, 6.45) is 1.95. The number of benzene rings is 1. The van der Waals surface area contributed by atoms with Crippen LogP contribution < -0.4 is 5.73 Å². The number of rotatable bonds is 5. The van der Waals surface area contributed by atoms with Crippen LogP contribution in [0.1, 0.15) is 11.1 Å². The van der Waals surface area contributed by atoms with Gasteiger partial charge >= 0.3 is 0 Å². The van der Waals surface area contributed by atoms with Crippen LogP contribution in [0, 0.1) is 13.8 Å². The minimum atomic E-state index is -3.49. The van der Waals surface area contributed by atoms with E-state index in [1.807, 2.05) is 20.1 Å². The minimum Gasteiger partial charge on any atom is -0.398 e. The van der Waals surface area contributed by atoms with Crippen molar-refractivity contribution in [2.24, 2.45) is 0 Å². The van der Waals surface area contributed by atoms with Crippen LogP contribution in [0.2, 0.25) is 0 Å². The molecule has 0 saturated carbocycles. The van der Waals surface area contributed by atoms with E-state index < -0.39 is 10.0 Å². The predicted molar refractivity (Wildman–Crippen MR) is 78.5 cm³/mol. The van der Waals surface area contributed by atoms with Gasteiger partial charge in [-0.3, -0.25) is 0 Å². The second kappa shape index (κ2) is 5.95. The summed E-state index contributed by atoms with van der Waals surface area (Å²) in [5.74, 6) is 0.764. The van der Waals surface area contributed by atoms with Crippen molar-refractivity contribution in [1.82, 2.24) is 4.31 Å². The summed E-state index contributed by atoms with van der Waals surface area (Å²) in [5, 5.41) is 0. The molecule has 0 spiro atoms. The molecular weight excluding hydrogens is 268 g/mol. The number of nitrogens with zero attached hydrogens (tertiary/aromatic N) is 1. The van der Waals surface area contributed by atoms with Crippen molar-refractivity contribution in [2.45, 2.75) is 18.7 Å². The summed E-state index contributed by atoms with van der Waals surface area (Å²) < 4.78 is 26.1. The van der Waals surface area contributed by atoms with E-state index in [-0.39, 0.29) is 4.90 Å². The van der Waals surface area contributed by atoms with E-state index in [0.29, 0.717) is 12.2 Å². The molecule has 102 valence electrons. The number of nitrogen functional groups attached to an aromatic ring is 1. The van der Waals surface area contributed by atoms with Gasteiger partial charge in [0.2, 0.25) is 10.0 Å². The SMILES string of the molecule is CSCCN(C)S(=O)(=O)c1cc(C)c(C)cc1N. The van der Waals surface area contributed by atoms with Crippen molar-refractivity contribution >= 4 is 27.5 Å². The highest BCUT2D eigenvalue weighted by atomic mass is 32.2. The largest absolute Gasteiger partial charge is 0.398 e. The average molecular weight is 288 g/mol. The van der Waals surface area contributed by atoms with Gasteiger partial charge in [-0.25, -0.2) is 12.7 Å². The Morgan fingerprint density at radius 2 is 1.83 bits per heavy atom. The minimum absolute atomic E-state index is 0.203. The van der Waals surface area contributed by atoms with Crippen molar-refractivity contribution < 1.29 is 8.42 Å². The predicted octanol–water partition coefficient (Wildman–Crippen LogP) is 1.87. The molecule has 0 fully saturated rings. The van der Waals surface area contributed by atoms with Gasteiger partial charge in [0.1, 0.15) is 4.90 Å². The highest BCUT2D eigenvalue weighted by molar-refractivity contribution is 7.98. The monoisotopic (exact) mass is 288 g/mol. The van der Waals surface area contributed by atoms with Gasteiger partial charge in [-0.15, -0.1) is 0 Å². The van der Waals surface area contributed by atoms with Gasteiger partial charge in [0.05, 0.1) is 5.69 Å². The smallest absolute Gasteiger partial charge is 0.244 e. The van der Waals surface area contributed by atoms with Crippen molar-refractivity contribution in [1.29, 1.82) is 0 Å². The van der Waals surface area contributed by atoms with Crippen molar-refractivity contribution in [2.75, 3.05) is 31.3 Å². The van der Waals surface area contributed by atoms with Gasteiger partial charge in [-0.05, 0) is 43.4 Å². The summed E-state index contributed by atoms with van der Waals surface area (Å²) in [7, 11) is -1.90. The Morgan fingerprint density at radius 1 is 1.28 bits per heavy atom. The molecule has 4 nitrogen and oxygen atoms in total. The topological polar surface area (TPSA) is 63.4 Å². The number of anilines is 1. The molecule has 18 heavy (non-hydrogen) atoms. The third kappa shape index (κ3) is 3.18. The van der Waals surface area contributed by atoms with Crippen LogP contribution >= 0.6 is 11.8 Å². The van der Waals surface area contributed by atoms with Crippen LogP contribution in [-0.4, -0.2) is 38.3 Å². The van der Waals surface area contributed by atoms with Gasteiger partial charge in [-0.1, -0.05) is 0 Å². The molecular formula is C12H20N2O2S2. The number of hydrogen-bond acceptors (Lipinski definition) is 4. The molecule has 0 radical (unpaired) electrons. The Morgan fingerprint density at radius 3 is 2.39 bits per heavy atom. The fourth-order valence-electron chi connectivity index (χ4n) is 1.54. The second-order valence-electron chi connectivity index (χ2n) is 4.29. The van der Waals surface area contributed by atoms with Gasteiger partial charge < -0.3 is 5.73 Å². The van der Waals surface area contributed by atoms with Gasteiger partial charge in [0.15, 0.2) is 0 Å². The van der Waals surface area contributed by atoms with E-state index in [0.717, 1.165) is 16.9 Å². The molecule has 0 aromatic heterocycles. The van der Waals surface area contributed by atoms with Crippen LogP contribution in [0.25, 0.3) is 0 Å². The molecule has 6 heteroatoms. The fourth-order valence-corrected chi connectivity index (χ4v) is 3.47. The molecule has 0 unspecified atom stereocenters. The standard InChI is InChI=1S/C12H20N2O2S2/c1-9-7-11(13)12(8-10(9)2)18(15,16)14(3)5-6-17-4/h7-8H,5-6,13H2,1-4H3. The number of nitrogens with two attached hydrogens (primary N) is 1. The summed E-state index contributed by atoms with van der Waals surface area (Å²) in [6, 6.07) is 3.36. The quantitative estimate of drug-likeness (QED) is 0.840. The normalized spacial score (nSPS) is 12.1. The molecule has 0 saturated heterocycles. The van der Waals surface area contributed by atoms with Crippen LogP contribution in [-0.2, 0) is 10.0 Å². The van der Waals surface area contributed by atoms with Gasteiger partial charge in [0.25, 0.3) is 0 Å². The Hall–Kier alpha value is -0.720. The van der Waals surface area contributed by atoms with Crippen molar-refractivity contribution in [3.63, 3.8) is 0 Å². The average Bonchev–Trinajstić information content (AvgIpc) is 2.30. The van der Waals surface area contributed by atoms with Crippen LogP contribution in [0.3, 0.4) is 0 Å². The zero-order valence-corrected chi connectivity index (χ0v) is 12.9. The highest BCUT2D eigenvalue weighted by Gasteiger charge is 2.23. The molecule has 0 bridgehead atoms. The van der Waals surface area contributed by atoms with E-state index in [1.165, 1.54) is 4.31 Å². The highest BCUT2D eigenvalue weighted by Crippen LogP contribution is 2.25. The number of hydrogen-bond donors (Lipinski definition) is 1. The number of aryl methyl sites for hydroxylation is 2. The van der Waals surface area contributed by atoms with Crippen LogP contribution in [0.4, 0.5) is 5.69 Å². The summed E-state index contributed by atoms with van der Waals surface area (Å²) >= 11 is 1.61. The fraction of sp³-hybridized carbons (Fsp3) is 0.500. The Balaban J connectivity index is 3.16. The zero-order chi connectivity index (χ0) is 13.9. The number of sulfonamides is 1. The summed E-state index contributed by atoms with van der Waals surface area (Å²) in [5.41, 5.74) is 8.08. The second-order valence-corrected chi connectivity index (χ2v) is 7.29. The number of thioether (sulfide) groups is 1. The lowest BCUT2D eigenvalue weighted by Crippen LogP contribution is -2.29. The van der Waals surface area contributed by atoms with E-state index >= 15 is 0 Å². The van der Waals surface area contributed by atoms with Crippen molar-refractivity contribution in [3.8, 4) is 0 Å². The molecule has 0 heterocycles. The van der Waals surface area contributed by atoms with Gasteiger partial charge in [-0.2, -0.15) is 11.8 Å². The molecule has 0 aliphatic carbocycles. The third-order valence-electron chi connectivity index (χ3n) is 2.92. The van der Waals surface area contributed by atoms with Crippen LogP contribution in [0.15, 0.2) is 17.0 Å². The van der Waals surface area contributed by atoms with E-state index in [4.69, 9.17) is 5.73 Å². The maximum atomic E-state index is 12.4. The maximum Gasteiger partial charge on any atom is 0.244 e. The molecule has 0 amide bonds. The Kier molecular flexibility index (Phi) is 5.07. The lowest BCUT2D eigenvalue weighted by molar-refractivity contribution is 0.489. The molecule has 0 aliphatic rings. The first-order valence-electron chi connectivity index (χ1n) is 5.62. The lowest BCUT2D eigenvalue weighted by atomic mass is 10.1. The first kappa shape index (κ1) is 15.3. The Labute approximate surface area is 114 Å². The molecule has 0 aliphatic heterocycles. The first-order chi connectivity index (χ1) is 8.30. The van der Waals surface area contributed by atoms with Crippen LogP contribution in [0.5, 0.6) is 0 Å². The molecule has 1 aromatic rings. The molecule has 0 atom stereocenters. The summed E-state index contributed by atoms with van der Waals surface area (Å²) in [6.45, 7) is 4.28. The molecule has 1 rings (SSSR count). The van der Waals surface area contributed by atoms with Crippen molar-refractivity contribution in [3.05, 3.63) is 23.3 Å². The summed E-state index contributed by atoms with van der Waals surface area (Å²) in [4.78, 5) is 0.203. The maximum absolute atomic E-state index is 12.4. The third-order valence-corrected chi connectivity index (χ3v) is 5.43. The van der Waals surface area contributed by atoms with E-state index in [2.05, 4.69) is 0 Å². The first-order valence-corrected chi connectivity index (χ1v) is 8.46. The van der Waals surface area contributed by atoms with E-state index in [1.54, 1.807) is 30.9 Å². The lowest BCUT2D eigenvalue weighted by Gasteiger charge is -2.18.